The highest BCUT2D eigenvalue weighted by molar-refractivity contribution is 7.90. The third-order valence-corrected chi connectivity index (χ3v) is 11.7. The quantitative estimate of drug-likeness (QED) is 0.239. The van der Waals surface area contributed by atoms with Crippen molar-refractivity contribution in [1.82, 2.24) is 24.5 Å². The standard InChI is InChI=1S/C38H33F2N5O7S/c1-23(32-18-25-20-41-14-13-31(25)45(32)53(49,50)26-7-3-2-4-8-26)43-36(48)33-19-37(51-15-16-52-37)22-44(33)34(46)21-42-35(47)24-11-12-30-28(17-24)27-9-5-6-10-29(27)38(30,39)40/h2-14,17-18,20,23,33H,15-16,19,21-22H2,1H3,(H,42,47)(H,43,48)/t23-,33-/m0/s1. The van der Waals surface area contributed by atoms with Crippen LogP contribution in [0.2, 0.25) is 0 Å². The van der Waals surface area contributed by atoms with E-state index in [1.807, 2.05) is 0 Å². The SMILES string of the molecule is C[C@H](NC(=O)[C@@H]1CC2(CN1C(=O)CNC(=O)c1ccc3c(c1)-c1ccccc1C3(F)F)OCCO2)c1cc2cnccc2n1S(=O)(=O)c1ccccc1. The number of carbonyl (C=O) groups excluding carboxylic acids is 3. The van der Waals surface area contributed by atoms with Crippen LogP contribution >= 0.6 is 0 Å². The molecule has 2 saturated heterocycles. The molecule has 2 aliphatic heterocycles. The Morgan fingerprint density at radius 2 is 1.66 bits per heavy atom. The maximum Gasteiger partial charge on any atom is 0.299 e. The fourth-order valence-electron chi connectivity index (χ4n) is 7.42. The highest BCUT2D eigenvalue weighted by Crippen LogP contribution is 2.51. The molecular formula is C38H33F2N5O7S. The molecule has 3 amide bonds. The van der Waals surface area contributed by atoms with Crippen molar-refractivity contribution in [2.24, 2.45) is 0 Å². The summed E-state index contributed by atoms with van der Waals surface area (Å²) in [5, 5.41) is 6.00. The first-order valence-corrected chi connectivity index (χ1v) is 18.4. The normalized spacial score (nSPS) is 18.8. The monoisotopic (exact) mass is 741 g/mol. The molecule has 0 bridgehead atoms. The lowest BCUT2D eigenvalue weighted by Gasteiger charge is -2.26. The molecule has 3 aliphatic rings. The van der Waals surface area contributed by atoms with E-state index in [1.54, 1.807) is 49.4 Å². The summed E-state index contributed by atoms with van der Waals surface area (Å²) in [5.41, 5.74) is 0.949. The van der Waals surface area contributed by atoms with Crippen molar-refractivity contribution in [2.45, 2.75) is 42.0 Å². The van der Waals surface area contributed by atoms with Crippen LogP contribution in [0.4, 0.5) is 8.78 Å². The summed E-state index contributed by atoms with van der Waals surface area (Å²) in [5.74, 6) is -6.29. The largest absolute Gasteiger partial charge is 0.346 e. The van der Waals surface area contributed by atoms with Crippen LogP contribution in [0.5, 0.6) is 0 Å². The van der Waals surface area contributed by atoms with Crippen LogP contribution in [0.15, 0.2) is 102 Å². The Balaban J connectivity index is 1.02. The summed E-state index contributed by atoms with van der Waals surface area (Å²) in [4.78, 5) is 46.4. The molecule has 1 spiro atoms. The Bertz CT molecular complexity index is 2400. The van der Waals surface area contributed by atoms with Crippen molar-refractivity contribution in [3.8, 4) is 11.1 Å². The molecule has 2 fully saturated rings. The van der Waals surface area contributed by atoms with Gasteiger partial charge in [-0.15, -0.1) is 0 Å². The number of amides is 3. The molecule has 15 heteroatoms. The minimum Gasteiger partial charge on any atom is -0.346 e. The van der Waals surface area contributed by atoms with Crippen molar-refractivity contribution in [1.29, 1.82) is 0 Å². The highest BCUT2D eigenvalue weighted by Gasteiger charge is 2.53. The number of alkyl halides is 2. The predicted molar refractivity (Wildman–Crippen MR) is 187 cm³/mol. The molecule has 5 aromatic rings. The van der Waals surface area contributed by atoms with Crippen molar-refractivity contribution >= 4 is 38.6 Å². The maximum absolute atomic E-state index is 15.0. The first-order chi connectivity index (χ1) is 25.4. The van der Waals surface area contributed by atoms with Gasteiger partial charge in [0.05, 0.1) is 48.5 Å². The topological polar surface area (TPSA) is 149 Å². The molecule has 4 heterocycles. The Morgan fingerprint density at radius 3 is 2.43 bits per heavy atom. The average molecular weight is 742 g/mol. The number of pyridine rings is 1. The summed E-state index contributed by atoms with van der Waals surface area (Å²) in [7, 11) is -4.10. The number of halogens is 2. The van der Waals surface area contributed by atoms with Gasteiger partial charge in [-0.25, -0.2) is 12.4 Å². The number of nitrogens with zero attached hydrogens (tertiary/aromatic N) is 3. The van der Waals surface area contributed by atoms with E-state index in [-0.39, 0.29) is 59.0 Å². The van der Waals surface area contributed by atoms with Gasteiger partial charge in [-0.05, 0) is 54.4 Å². The van der Waals surface area contributed by atoms with Crippen molar-refractivity contribution in [3.05, 3.63) is 120 Å². The van der Waals surface area contributed by atoms with E-state index in [1.165, 1.54) is 63.7 Å². The zero-order chi connectivity index (χ0) is 37.1. The number of fused-ring (bicyclic) bond motifs is 4. The van der Waals surface area contributed by atoms with E-state index in [4.69, 9.17) is 9.47 Å². The molecular weight excluding hydrogens is 709 g/mol. The lowest BCUT2D eigenvalue weighted by molar-refractivity contribution is -0.152. The summed E-state index contributed by atoms with van der Waals surface area (Å²) in [6.45, 7) is 1.56. The zero-order valence-electron chi connectivity index (χ0n) is 28.3. The number of carbonyl (C=O) groups is 3. The van der Waals surface area contributed by atoms with E-state index >= 15 is 8.78 Å². The van der Waals surface area contributed by atoms with Gasteiger partial charge >= 0.3 is 0 Å². The lowest BCUT2D eigenvalue weighted by Crippen LogP contribution is -2.49. The van der Waals surface area contributed by atoms with Crippen LogP contribution in [0.3, 0.4) is 0 Å². The van der Waals surface area contributed by atoms with Crippen molar-refractivity contribution in [2.75, 3.05) is 26.3 Å². The third kappa shape index (κ3) is 5.84. The van der Waals surface area contributed by atoms with Gasteiger partial charge < -0.3 is 25.0 Å². The molecule has 8 rings (SSSR count). The molecule has 0 saturated carbocycles. The van der Waals surface area contributed by atoms with Gasteiger partial charge in [0.25, 0.3) is 21.9 Å². The average Bonchev–Trinajstić information content (AvgIpc) is 3.94. The van der Waals surface area contributed by atoms with Crippen LogP contribution < -0.4 is 10.6 Å². The summed E-state index contributed by atoms with van der Waals surface area (Å²) in [6.07, 6.45) is 3.01. The van der Waals surface area contributed by atoms with E-state index in [9.17, 15) is 22.8 Å². The minimum atomic E-state index is -4.10. The highest BCUT2D eigenvalue weighted by atomic mass is 32.2. The van der Waals surface area contributed by atoms with Gasteiger partial charge in [0, 0.05) is 40.9 Å². The van der Waals surface area contributed by atoms with E-state index in [0.29, 0.717) is 16.5 Å². The summed E-state index contributed by atoms with van der Waals surface area (Å²) in [6, 6.07) is 19.2. The van der Waals surface area contributed by atoms with Crippen LogP contribution in [0.25, 0.3) is 22.0 Å². The zero-order valence-corrected chi connectivity index (χ0v) is 29.1. The van der Waals surface area contributed by atoms with E-state index in [2.05, 4.69) is 15.6 Å². The number of hydrogen-bond donors (Lipinski definition) is 2. The van der Waals surface area contributed by atoms with Gasteiger partial charge in [-0.1, -0.05) is 48.5 Å². The Morgan fingerprint density at radius 1 is 0.943 bits per heavy atom. The first kappa shape index (κ1) is 34.6. The number of aromatic nitrogens is 2. The fraction of sp³-hybridized carbons (Fsp3) is 0.263. The first-order valence-electron chi connectivity index (χ1n) is 16.9. The molecule has 0 radical (unpaired) electrons. The summed E-state index contributed by atoms with van der Waals surface area (Å²) >= 11 is 0. The van der Waals surface area contributed by atoms with E-state index < -0.39 is 58.1 Å². The molecule has 2 N–H and O–H groups in total. The van der Waals surface area contributed by atoms with Gasteiger partial charge in [0.1, 0.15) is 6.04 Å². The third-order valence-electron chi connectivity index (χ3n) is 9.97. The molecule has 0 unspecified atom stereocenters. The minimum absolute atomic E-state index is 0.00109. The Labute approximate surface area is 302 Å². The lowest BCUT2D eigenvalue weighted by atomic mass is 10.0. The van der Waals surface area contributed by atoms with Gasteiger partial charge in [-0.2, -0.15) is 8.78 Å². The van der Waals surface area contributed by atoms with Crippen LogP contribution in [0, 0.1) is 0 Å². The summed E-state index contributed by atoms with van der Waals surface area (Å²) < 4.78 is 70.8. The predicted octanol–water partition coefficient (Wildman–Crippen LogP) is 4.35. The van der Waals surface area contributed by atoms with Crippen molar-refractivity contribution in [3.63, 3.8) is 0 Å². The smallest absolute Gasteiger partial charge is 0.299 e. The number of benzene rings is 3. The number of likely N-dealkylation sites (tertiary alicyclic amines) is 1. The van der Waals surface area contributed by atoms with Crippen LogP contribution in [-0.4, -0.2) is 78.1 Å². The molecule has 53 heavy (non-hydrogen) atoms. The molecule has 2 atom stereocenters. The van der Waals surface area contributed by atoms with Crippen molar-refractivity contribution < 1.29 is 41.1 Å². The molecule has 272 valence electrons. The van der Waals surface area contributed by atoms with Crippen LogP contribution in [-0.2, 0) is 35.0 Å². The Hall–Kier alpha value is -5.51. The van der Waals surface area contributed by atoms with Gasteiger partial charge in [0.2, 0.25) is 11.8 Å². The Kier molecular flexibility index (Phi) is 8.39. The van der Waals surface area contributed by atoms with E-state index in [0.717, 1.165) is 0 Å². The number of hydrogen-bond acceptors (Lipinski definition) is 8. The second-order valence-corrected chi connectivity index (χ2v) is 15.0. The molecule has 2 aromatic heterocycles. The fourth-order valence-corrected chi connectivity index (χ4v) is 9.05. The van der Waals surface area contributed by atoms with Gasteiger partial charge in [0.15, 0.2) is 5.79 Å². The second kappa shape index (κ2) is 12.9. The number of nitrogens with one attached hydrogen (secondary N) is 2. The van der Waals surface area contributed by atoms with Crippen LogP contribution in [0.1, 0.15) is 46.6 Å². The second-order valence-electron chi connectivity index (χ2n) is 13.2. The molecule has 12 nitrogen and oxygen atoms in total. The number of rotatable bonds is 8. The van der Waals surface area contributed by atoms with Gasteiger partial charge in [-0.3, -0.25) is 19.4 Å². The maximum atomic E-state index is 15.0. The number of ether oxygens (including phenoxy) is 2. The molecule has 3 aromatic carbocycles. The molecule has 1 aliphatic carbocycles.